The predicted octanol–water partition coefficient (Wildman–Crippen LogP) is -0.939. The van der Waals surface area contributed by atoms with E-state index in [1.165, 1.54) is 7.06 Å². The van der Waals surface area contributed by atoms with Crippen LogP contribution in [0.2, 0.25) is 6.82 Å². The van der Waals surface area contributed by atoms with Crippen molar-refractivity contribution in [1.29, 1.82) is 0 Å². The van der Waals surface area contributed by atoms with Crippen molar-refractivity contribution in [2.24, 2.45) is 0 Å². The third-order valence-electron chi connectivity index (χ3n) is 0.304. The average molecular weight is 58.3 g/mol. The molecule has 0 fully saturated rings. The van der Waals surface area contributed by atoms with Crippen molar-refractivity contribution in [2.75, 3.05) is 0 Å². The van der Waals surface area contributed by atoms with Gasteiger partial charge in [0.05, 0.1) is 0 Å². The van der Waals surface area contributed by atoms with Gasteiger partial charge in [-0.25, -0.2) is 0 Å². The van der Waals surface area contributed by atoms with Crippen LogP contribution in [-0.4, -0.2) is 29.0 Å². The highest BCUT2D eigenvalue weighted by Crippen LogP contribution is 1.57. The summed E-state index contributed by atoms with van der Waals surface area (Å²) in [6.07, 6.45) is 0. The summed E-state index contributed by atoms with van der Waals surface area (Å²) in [5, 5.41) is 0. The first-order valence-electron chi connectivity index (χ1n) is 1.58. The molecule has 0 aromatic carbocycles. The molecule has 5 heavy (non-hydrogen) atoms. The van der Waals surface area contributed by atoms with E-state index in [2.05, 4.69) is 0 Å². The molecule has 0 atom stereocenters. The predicted molar refractivity (Wildman–Crippen MR) is 28.9 cm³/mol. The van der Waals surface area contributed by atoms with Gasteiger partial charge in [0, 0.05) is 29.0 Å². The zero-order chi connectivity index (χ0) is 4.28. The Morgan fingerprint density at radius 2 is 2.00 bits per heavy atom. The maximum Gasteiger partial charge on any atom is 0.0414 e. The lowest BCUT2D eigenvalue weighted by Crippen LogP contribution is -2.17. The fraction of sp³-hybridized carbons (Fsp3) is 1.00. The van der Waals surface area contributed by atoms with E-state index in [0.717, 1.165) is 0 Å². The first-order chi connectivity index (χ1) is 2.27. The average Bonchev–Trinajstić information content (AvgIpc) is 1.38. The van der Waals surface area contributed by atoms with E-state index in [-0.39, 0.29) is 6.49 Å². The summed E-state index contributed by atoms with van der Waals surface area (Å²) < 4.78 is 0. The molecule has 5 radical (unpaired) electrons. The smallest absolute Gasteiger partial charge is 0.0414 e. The molecule has 0 nitrogen and oxygen atoms in total. The lowest BCUT2D eigenvalue weighted by Gasteiger charge is -1.84. The fourth-order valence-corrected chi connectivity index (χ4v) is 0. The van der Waals surface area contributed by atoms with E-state index in [1.54, 1.807) is 0 Å². The van der Waals surface area contributed by atoms with Gasteiger partial charge >= 0.3 is 0 Å². The van der Waals surface area contributed by atoms with Crippen molar-refractivity contribution in [3.05, 3.63) is 0 Å². The molecule has 0 aromatic heterocycles. The molecule has 0 saturated heterocycles. The Bertz CT molecular complexity index is 17.6. The quantitative estimate of drug-likeness (QED) is 0.341. The van der Waals surface area contributed by atoms with Crippen LogP contribution >= 0.6 is 0 Å². The first kappa shape index (κ1) is 5.26. The molecule has 0 heterocycles. The van der Waals surface area contributed by atoms with Crippen LogP contribution in [-0.2, 0) is 0 Å². The molecule has 0 aliphatic carbocycles. The molecule has 0 rings (SSSR count). The lowest BCUT2D eigenvalue weighted by molar-refractivity contribution is 2.34. The second-order valence-corrected chi connectivity index (χ2v) is 1.05. The summed E-state index contributed by atoms with van der Waals surface area (Å²) in [4.78, 5) is 0. The van der Waals surface area contributed by atoms with Crippen molar-refractivity contribution in [1.82, 2.24) is 0 Å². The third kappa shape index (κ3) is 4.26. The highest BCUT2D eigenvalue weighted by molar-refractivity contribution is 7.45. The summed E-state index contributed by atoms with van der Waals surface area (Å²) in [6.45, 7) is 1.86. The highest BCUT2D eigenvalue weighted by Gasteiger charge is 1.86. The zero-order valence-corrected chi connectivity index (χ0v) is 3.31. The van der Waals surface area contributed by atoms with Crippen LogP contribution in [0.5, 0.6) is 0 Å². The number of hydrogen-bond acceptors (Lipinski definition) is 0. The minimum atomic E-state index is 0.0370. The Kier molecular flexibility index (Phi) is 2.62. The molecule has 0 saturated carbocycles. The normalized spacial score (nSPS) is 6.60. The maximum absolute atomic E-state index is 5.11. The second kappa shape index (κ2) is 2.49. The van der Waals surface area contributed by atoms with Gasteiger partial charge in [-0.1, -0.05) is 0 Å². The maximum atomic E-state index is 5.11. The van der Waals surface area contributed by atoms with Gasteiger partial charge in [0.25, 0.3) is 0 Å². The summed E-state index contributed by atoms with van der Waals surface area (Å²) in [7, 11) is 11.5. The van der Waals surface area contributed by atoms with E-state index in [1.807, 2.05) is 6.82 Å². The van der Waals surface area contributed by atoms with Crippen LogP contribution in [0.15, 0.2) is 0 Å². The molecule has 0 aliphatic rings. The number of hydrogen-bond donors (Lipinski definition) is 0. The van der Waals surface area contributed by atoms with E-state index in [0.29, 0.717) is 0 Å². The molecule has 0 aromatic rings. The lowest BCUT2D eigenvalue weighted by atomic mass is 9.06. The molecule has 0 spiro atoms. The Labute approximate surface area is 36.8 Å². The SMILES string of the molecule is [B][B]B([B])C. The Hall–Kier alpha value is 0.260. The van der Waals surface area contributed by atoms with Gasteiger partial charge in [-0.3, -0.25) is 0 Å². The summed E-state index contributed by atoms with van der Waals surface area (Å²) in [6, 6.07) is 0. The minimum absolute atomic E-state index is 0.0370. The fourth-order valence-electron chi connectivity index (χ4n) is 0. The summed E-state index contributed by atoms with van der Waals surface area (Å²) in [5.41, 5.74) is 0. The van der Waals surface area contributed by atoms with Gasteiger partial charge in [-0.2, -0.15) is 0 Å². The first-order valence-corrected chi connectivity index (χ1v) is 1.58. The van der Waals surface area contributed by atoms with E-state index in [9.17, 15) is 0 Å². The molecule has 0 amide bonds. The van der Waals surface area contributed by atoms with Gasteiger partial charge in [-0.05, 0) is 0 Å². The van der Waals surface area contributed by atoms with E-state index >= 15 is 0 Å². The standard InChI is InChI=1S/CH3B4/c1-5(3)4-2/h1H3. The molecular weight excluding hydrogens is 55.3 g/mol. The van der Waals surface area contributed by atoms with Crippen molar-refractivity contribution in [3.63, 3.8) is 0 Å². The second-order valence-electron chi connectivity index (χ2n) is 1.05. The van der Waals surface area contributed by atoms with E-state index < -0.39 is 0 Å². The van der Waals surface area contributed by atoms with Crippen LogP contribution in [0.1, 0.15) is 0 Å². The highest BCUT2D eigenvalue weighted by atomic mass is 12.9. The van der Waals surface area contributed by atoms with Crippen LogP contribution < -0.4 is 0 Å². The topological polar surface area (TPSA) is 0 Å². The largest absolute Gasteiger partial charge is 0.101 e. The Balaban J connectivity index is 2.54. The zero-order valence-electron chi connectivity index (χ0n) is 3.31. The molecule has 0 aliphatic heterocycles. The van der Waals surface area contributed by atoms with Gasteiger partial charge < -0.3 is 0 Å². The molecule has 4 heteroatoms. The van der Waals surface area contributed by atoms with Crippen LogP contribution in [0, 0.1) is 0 Å². The van der Waals surface area contributed by atoms with Crippen LogP contribution in [0.3, 0.4) is 0 Å². The van der Waals surface area contributed by atoms with Gasteiger partial charge in [0.1, 0.15) is 0 Å². The van der Waals surface area contributed by atoms with Gasteiger partial charge in [-0.15, -0.1) is 6.82 Å². The monoisotopic (exact) mass is 59.1 g/mol. The van der Waals surface area contributed by atoms with E-state index in [4.69, 9.17) is 15.5 Å². The van der Waals surface area contributed by atoms with Gasteiger partial charge in [0.15, 0.2) is 0 Å². The van der Waals surface area contributed by atoms with Crippen molar-refractivity contribution >= 4 is 29.0 Å². The molecule has 0 unspecified atom stereocenters. The number of rotatable bonds is 1. The summed E-state index contributed by atoms with van der Waals surface area (Å²) in [5.74, 6) is 0. The Morgan fingerprint density at radius 1 is 1.80 bits per heavy atom. The summed E-state index contributed by atoms with van der Waals surface area (Å²) >= 11 is 0. The van der Waals surface area contributed by atoms with Crippen molar-refractivity contribution < 1.29 is 0 Å². The van der Waals surface area contributed by atoms with Crippen molar-refractivity contribution in [3.8, 4) is 0 Å². The molecular formula is CH3B4. The van der Waals surface area contributed by atoms with Crippen LogP contribution in [0.25, 0.3) is 0 Å². The Morgan fingerprint density at radius 3 is 2.00 bits per heavy atom. The molecule has 0 N–H and O–H groups in total. The minimum Gasteiger partial charge on any atom is -0.101 e. The molecule has 0 bridgehead atoms. The van der Waals surface area contributed by atoms with Crippen LogP contribution in [0.4, 0.5) is 0 Å². The van der Waals surface area contributed by atoms with Gasteiger partial charge in [0.2, 0.25) is 0 Å². The molecule has 19 valence electrons. The third-order valence-corrected chi connectivity index (χ3v) is 0.304. The van der Waals surface area contributed by atoms with Crippen molar-refractivity contribution in [2.45, 2.75) is 6.82 Å².